The lowest BCUT2D eigenvalue weighted by atomic mass is 10.1. The molecule has 0 aliphatic rings. The Morgan fingerprint density at radius 2 is 2.32 bits per heavy atom. The zero-order valence-corrected chi connectivity index (χ0v) is 11.8. The minimum atomic E-state index is -1.00. The van der Waals surface area contributed by atoms with E-state index < -0.39 is 5.97 Å². The molecule has 1 aromatic rings. The SMILES string of the molecule is CSCCN(C)c1ccc(/C=C/C(=O)O)cc1C#N. The first-order chi connectivity index (χ1) is 9.08. The number of hydrogen-bond acceptors (Lipinski definition) is 4. The van der Waals surface area contributed by atoms with E-state index in [0.29, 0.717) is 11.1 Å². The molecule has 0 heterocycles. The summed E-state index contributed by atoms with van der Waals surface area (Å²) in [7, 11) is 1.94. The predicted molar refractivity (Wildman–Crippen MR) is 79.5 cm³/mol. The van der Waals surface area contributed by atoms with Crippen molar-refractivity contribution >= 4 is 29.5 Å². The van der Waals surface area contributed by atoms with Crippen molar-refractivity contribution in [2.24, 2.45) is 0 Å². The topological polar surface area (TPSA) is 64.3 Å². The summed E-state index contributed by atoms with van der Waals surface area (Å²) < 4.78 is 0. The second-order valence-corrected chi connectivity index (χ2v) is 4.96. The fraction of sp³-hybridized carbons (Fsp3) is 0.286. The van der Waals surface area contributed by atoms with Crippen molar-refractivity contribution in [3.63, 3.8) is 0 Å². The van der Waals surface area contributed by atoms with E-state index in [9.17, 15) is 10.1 Å². The molecule has 0 saturated heterocycles. The van der Waals surface area contributed by atoms with Gasteiger partial charge in [-0.2, -0.15) is 17.0 Å². The van der Waals surface area contributed by atoms with Crippen molar-refractivity contribution in [3.05, 3.63) is 35.4 Å². The molecule has 0 aliphatic carbocycles. The molecule has 1 N–H and O–H groups in total. The molecule has 4 nitrogen and oxygen atoms in total. The molecule has 0 unspecified atom stereocenters. The maximum Gasteiger partial charge on any atom is 0.328 e. The molecular weight excluding hydrogens is 260 g/mol. The summed E-state index contributed by atoms with van der Waals surface area (Å²) in [5.41, 5.74) is 2.13. The van der Waals surface area contributed by atoms with Crippen LogP contribution in [0.25, 0.3) is 6.08 Å². The fourth-order valence-corrected chi connectivity index (χ4v) is 2.05. The van der Waals surface area contributed by atoms with Gasteiger partial charge in [-0.05, 0) is 30.0 Å². The molecule has 0 radical (unpaired) electrons. The molecule has 0 aromatic heterocycles. The zero-order chi connectivity index (χ0) is 14.3. The average Bonchev–Trinajstić information content (AvgIpc) is 2.42. The van der Waals surface area contributed by atoms with Gasteiger partial charge in [0.05, 0.1) is 11.3 Å². The summed E-state index contributed by atoms with van der Waals surface area (Å²) in [5, 5.41) is 17.8. The highest BCUT2D eigenvalue weighted by Gasteiger charge is 2.07. The van der Waals surface area contributed by atoms with Gasteiger partial charge in [0.2, 0.25) is 0 Å². The molecule has 0 fully saturated rings. The molecule has 0 bridgehead atoms. The van der Waals surface area contributed by atoms with Crippen LogP contribution >= 0.6 is 11.8 Å². The van der Waals surface area contributed by atoms with Gasteiger partial charge in [0.1, 0.15) is 6.07 Å². The maximum atomic E-state index is 10.5. The molecule has 0 aliphatic heterocycles. The Kier molecular flexibility index (Phi) is 5.97. The molecule has 0 spiro atoms. The van der Waals surface area contributed by atoms with E-state index in [2.05, 4.69) is 6.07 Å². The smallest absolute Gasteiger partial charge is 0.328 e. The molecule has 1 aromatic carbocycles. The first kappa shape index (κ1) is 15.1. The second kappa shape index (κ2) is 7.49. The molecule has 0 atom stereocenters. The van der Waals surface area contributed by atoms with Crippen LogP contribution in [0.15, 0.2) is 24.3 Å². The Hall–Kier alpha value is -1.93. The van der Waals surface area contributed by atoms with Crippen LogP contribution in [0.3, 0.4) is 0 Å². The number of aliphatic carboxylic acids is 1. The number of nitriles is 1. The van der Waals surface area contributed by atoms with Crippen molar-refractivity contribution in [3.8, 4) is 6.07 Å². The number of rotatable bonds is 6. The Morgan fingerprint density at radius 3 is 2.89 bits per heavy atom. The van der Waals surface area contributed by atoms with E-state index in [1.54, 1.807) is 17.8 Å². The summed E-state index contributed by atoms with van der Waals surface area (Å²) in [5.74, 6) is -0.0122. The summed E-state index contributed by atoms with van der Waals surface area (Å²) in [6.45, 7) is 0.861. The van der Waals surface area contributed by atoms with E-state index in [4.69, 9.17) is 5.11 Å². The highest BCUT2D eigenvalue weighted by molar-refractivity contribution is 7.98. The lowest BCUT2D eigenvalue weighted by Crippen LogP contribution is -2.21. The van der Waals surface area contributed by atoms with Crippen LogP contribution in [-0.4, -0.2) is 36.7 Å². The number of benzene rings is 1. The van der Waals surface area contributed by atoms with Crippen molar-refractivity contribution in [2.75, 3.05) is 30.5 Å². The monoisotopic (exact) mass is 276 g/mol. The van der Waals surface area contributed by atoms with E-state index in [1.165, 1.54) is 6.08 Å². The molecule has 100 valence electrons. The maximum absolute atomic E-state index is 10.5. The molecular formula is C14H16N2O2S. The van der Waals surface area contributed by atoms with E-state index >= 15 is 0 Å². The second-order valence-electron chi connectivity index (χ2n) is 3.97. The Bertz CT molecular complexity index is 521. The van der Waals surface area contributed by atoms with Crippen LogP contribution in [-0.2, 0) is 4.79 Å². The van der Waals surface area contributed by atoms with Crippen LogP contribution in [0.5, 0.6) is 0 Å². The van der Waals surface area contributed by atoms with Crippen molar-refractivity contribution in [2.45, 2.75) is 0 Å². The van der Waals surface area contributed by atoms with Gasteiger partial charge in [-0.25, -0.2) is 4.79 Å². The molecule has 1 rings (SSSR count). The number of carbonyl (C=O) groups is 1. The van der Waals surface area contributed by atoms with Gasteiger partial charge in [-0.3, -0.25) is 0 Å². The summed E-state index contributed by atoms with van der Waals surface area (Å²) >= 11 is 1.75. The zero-order valence-electron chi connectivity index (χ0n) is 11.0. The van der Waals surface area contributed by atoms with Gasteiger partial charge in [0.15, 0.2) is 0 Å². The molecule has 0 amide bonds. The van der Waals surface area contributed by atoms with Crippen LogP contribution in [0.2, 0.25) is 0 Å². The first-order valence-electron chi connectivity index (χ1n) is 5.73. The molecule has 0 saturated carbocycles. The van der Waals surface area contributed by atoms with Crippen LogP contribution in [0.4, 0.5) is 5.69 Å². The van der Waals surface area contributed by atoms with Crippen LogP contribution < -0.4 is 4.90 Å². The third kappa shape index (κ3) is 4.68. The number of hydrogen-bond donors (Lipinski definition) is 1. The van der Waals surface area contributed by atoms with E-state index in [-0.39, 0.29) is 0 Å². The number of nitrogens with zero attached hydrogens (tertiary/aromatic N) is 2. The van der Waals surface area contributed by atoms with E-state index in [1.807, 2.05) is 30.3 Å². The number of carboxylic acids is 1. The van der Waals surface area contributed by atoms with Crippen molar-refractivity contribution in [1.29, 1.82) is 5.26 Å². The lowest BCUT2D eigenvalue weighted by molar-refractivity contribution is -0.131. The molecule has 5 heteroatoms. The minimum absolute atomic E-state index is 0.552. The van der Waals surface area contributed by atoms with Crippen LogP contribution in [0.1, 0.15) is 11.1 Å². The minimum Gasteiger partial charge on any atom is -0.478 e. The Morgan fingerprint density at radius 1 is 1.58 bits per heavy atom. The van der Waals surface area contributed by atoms with Gasteiger partial charge in [0.25, 0.3) is 0 Å². The standard InChI is InChI=1S/C14H16N2O2S/c1-16(7-8-19-2)13-5-3-11(4-6-14(17)18)9-12(13)10-15/h3-6,9H,7-8H2,1-2H3,(H,17,18)/b6-4+. The first-order valence-corrected chi connectivity index (χ1v) is 7.13. The Labute approximate surface area is 117 Å². The van der Waals surface area contributed by atoms with Gasteiger partial charge in [0, 0.05) is 25.4 Å². The van der Waals surface area contributed by atoms with E-state index in [0.717, 1.165) is 24.1 Å². The quantitative estimate of drug-likeness (QED) is 0.809. The highest BCUT2D eigenvalue weighted by Crippen LogP contribution is 2.21. The van der Waals surface area contributed by atoms with Crippen molar-refractivity contribution < 1.29 is 9.90 Å². The summed E-state index contributed by atoms with van der Waals surface area (Å²) in [6.07, 6.45) is 4.58. The highest BCUT2D eigenvalue weighted by atomic mass is 32.2. The molecule has 19 heavy (non-hydrogen) atoms. The van der Waals surface area contributed by atoms with Gasteiger partial charge in [-0.1, -0.05) is 6.07 Å². The summed E-state index contributed by atoms with van der Waals surface area (Å²) in [6, 6.07) is 7.51. The lowest BCUT2D eigenvalue weighted by Gasteiger charge is -2.20. The normalized spacial score (nSPS) is 10.4. The number of thioether (sulfide) groups is 1. The third-order valence-electron chi connectivity index (χ3n) is 2.60. The van der Waals surface area contributed by atoms with Crippen molar-refractivity contribution in [1.82, 2.24) is 0 Å². The Balaban J connectivity index is 2.97. The van der Waals surface area contributed by atoms with Gasteiger partial charge < -0.3 is 10.0 Å². The fourth-order valence-electron chi connectivity index (χ4n) is 1.60. The number of anilines is 1. The predicted octanol–water partition coefficient (Wildman–Crippen LogP) is 2.46. The largest absolute Gasteiger partial charge is 0.478 e. The van der Waals surface area contributed by atoms with Gasteiger partial charge >= 0.3 is 5.97 Å². The third-order valence-corrected chi connectivity index (χ3v) is 3.19. The van der Waals surface area contributed by atoms with Crippen LogP contribution in [0, 0.1) is 11.3 Å². The average molecular weight is 276 g/mol. The summed E-state index contributed by atoms with van der Waals surface area (Å²) in [4.78, 5) is 12.5. The van der Waals surface area contributed by atoms with Gasteiger partial charge in [-0.15, -0.1) is 0 Å². The number of carboxylic acid groups (broad SMARTS) is 1.